The summed E-state index contributed by atoms with van der Waals surface area (Å²) in [5.74, 6) is 0.541. The molecule has 0 saturated carbocycles. The van der Waals surface area contributed by atoms with Gasteiger partial charge < -0.3 is 14.5 Å². The number of amides is 1. The van der Waals surface area contributed by atoms with Crippen molar-refractivity contribution in [1.29, 1.82) is 0 Å². The van der Waals surface area contributed by atoms with E-state index in [9.17, 15) is 4.79 Å². The second kappa shape index (κ2) is 6.48. The standard InChI is InChI=1S/C15H16ClNO3/c1-3-13(10-4-6-11(19-2)7-5-10)17-15(18)12-8-9-20-14(12)16/h4-9,13H,3H2,1-2H3,(H,17,18). The van der Waals surface area contributed by atoms with Crippen LogP contribution in [0.25, 0.3) is 0 Å². The van der Waals surface area contributed by atoms with Crippen molar-refractivity contribution in [3.63, 3.8) is 0 Å². The summed E-state index contributed by atoms with van der Waals surface area (Å²) in [6.07, 6.45) is 2.17. The summed E-state index contributed by atoms with van der Waals surface area (Å²) in [6.45, 7) is 2.01. The Morgan fingerprint density at radius 2 is 2.05 bits per heavy atom. The molecule has 1 N–H and O–H groups in total. The normalized spacial score (nSPS) is 11.9. The van der Waals surface area contributed by atoms with E-state index in [1.807, 2.05) is 31.2 Å². The number of ether oxygens (including phenoxy) is 1. The Kier molecular flexibility index (Phi) is 4.69. The number of nitrogens with one attached hydrogen (secondary N) is 1. The maximum Gasteiger partial charge on any atom is 0.256 e. The van der Waals surface area contributed by atoms with Gasteiger partial charge in [-0.2, -0.15) is 0 Å². The van der Waals surface area contributed by atoms with E-state index in [0.717, 1.165) is 17.7 Å². The van der Waals surface area contributed by atoms with Crippen LogP contribution in [0.15, 0.2) is 41.0 Å². The highest BCUT2D eigenvalue weighted by atomic mass is 35.5. The van der Waals surface area contributed by atoms with Gasteiger partial charge in [0.05, 0.1) is 25.0 Å². The molecule has 0 bridgehead atoms. The highest BCUT2D eigenvalue weighted by molar-refractivity contribution is 6.32. The highest BCUT2D eigenvalue weighted by Gasteiger charge is 2.17. The fraction of sp³-hybridized carbons (Fsp3) is 0.267. The van der Waals surface area contributed by atoms with Gasteiger partial charge >= 0.3 is 0 Å². The molecule has 0 aliphatic carbocycles. The molecule has 1 unspecified atom stereocenters. The van der Waals surface area contributed by atoms with Crippen molar-refractivity contribution in [3.8, 4) is 5.75 Å². The Balaban J connectivity index is 2.12. The number of rotatable bonds is 5. The molecule has 1 aromatic heterocycles. The van der Waals surface area contributed by atoms with Gasteiger partial charge in [0, 0.05) is 0 Å². The highest BCUT2D eigenvalue weighted by Crippen LogP contribution is 2.22. The van der Waals surface area contributed by atoms with Gasteiger partial charge in [0.2, 0.25) is 5.22 Å². The average molecular weight is 294 g/mol. The molecule has 1 amide bonds. The lowest BCUT2D eigenvalue weighted by atomic mass is 10.0. The molecule has 1 aromatic carbocycles. The number of benzene rings is 1. The first-order chi connectivity index (χ1) is 9.65. The minimum atomic E-state index is -0.244. The van der Waals surface area contributed by atoms with E-state index in [1.54, 1.807) is 13.2 Å². The molecule has 0 fully saturated rings. The van der Waals surface area contributed by atoms with Crippen LogP contribution in [-0.2, 0) is 0 Å². The van der Waals surface area contributed by atoms with Crippen LogP contribution in [0.1, 0.15) is 35.3 Å². The summed E-state index contributed by atoms with van der Waals surface area (Å²) in [7, 11) is 1.62. The van der Waals surface area contributed by atoms with E-state index in [-0.39, 0.29) is 17.2 Å². The molecule has 0 saturated heterocycles. The molecule has 20 heavy (non-hydrogen) atoms. The molecular weight excluding hydrogens is 278 g/mol. The molecule has 1 heterocycles. The van der Waals surface area contributed by atoms with Crippen molar-refractivity contribution in [1.82, 2.24) is 5.32 Å². The van der Waals surface area contributed by atoms with E-state index >= 15 is 0 Å². The first-order valence-electron chi connectivity index (χ1n) is 6.33. The molecule has 1 atom stereocenters. The van der Waals surface area contributed by atoms with Crippen LogP contribution in [-0.4, -0.2) is 13.0 Å². The number of furan rings is 1. The zero-order valence-electron chi connectivity index (χ0n) is 11.4. The molecule has 4 nitrogen and oxygen atoms in total. The number of carbonyl (C=O) groups excluding carboxylic acids is 1. The fourth-order valence-electron chi connectivity index (χ4n) is 1.95. The number of carbonyl (C=O) groups is 1. The Hall–Kier alpha value is -1.94. The first kappa shape index (κ1) is 14.5. The van der Waals surface area contributed by atoms with Crippen molar-refractivity contribution in [3.05, 3.63) is 52.9 Å². The van der Waals surface area contributed by atoms with Crippen LogP contribution >= 0.6 is 11.6 Å². The second-order valence-corrected chi connectivity index (χ2v) is 4.66. The smallest absolute Gasteiger partial charge is 0.256 e. The van der Waals surface area contributed by atoms with Gasteiger partial charge in [0.15, 0.2) is 0 Å². The predicted octanol–water partition coefficient (Wildman–Crippen LogP) is 3.82. The van der Waals surface area contributed by atoms with Gasteiger partial charge in [-0.05, 0) is 41.8 Å². The van der Waals surface area contributed by atoms with E-state index < -0.39 is 0 Å². The van der Waals surface area contributed by atoms with Crippen LogP contribution in [0.5, 0.6) is 5.75 Å². The van der Waals surface area contributed by atoms with Gasteiger partial charge in [-0.1, -0.05) is 19.1 Å². The third kappa shape index (κ3) is 3.14. The predicted molar refractivity (Wildman–Crippen MR) is 77.2 cm³/mol. The van der Waals surface area contributed by atoms with Crippen molar-refractivity contribution >= 4 is 17.5 Å². The van der Waals surface area contributed by atoms with Crippen LogP contribution in [0.3, 0.4) is 0 Å². The number of hydrogen-bond donors (Lipinski definition) is 1. The average Bonchev–Trinajstić information content (AvgIpc) is 2.91. The van der Waals surface area contributed by atoms with Gasteiger partial charge in [-0.3, -0.25) is 4.79 Å². The maximum absolute atomic E-state index is 12.1. The molecule has 5 heteroatoms. The molecule has 106 valence electrons. The topological polar surface area (TPSA) is 51.5 Å². The van der Waals surface area contributed by atoms with E-state index in [0.29, 0.717) is 5.56 Å². The summed E-state index contributed by atoms with van der Waals surface area (Å²) in [5.41, 5.74) is 1.36. The van der Waals surface area contributed by atoms with Crippen molar-refractivity contribution in [2.45, 2.75) is 19.4 Å². The summed E-state index contributed by atoms with van der Waals surface area (Å²) in [6, 6.07) is 9.08. The van der Waals surface area contributed by atoms with Crippen LogP contribution in [0.2, 0.25) is 5.22 Å². The quantitative estimate of drug-likeness (QED) is 0.911. The number of halogens is 1. The lowest BCUT2D eigenvalue weighted by molar-refractivity contribution is 0.0935. The zero-order valence-corrected chi connectivity index (χ0v) is 12.1. The largest absolute Gasteiger partial charge is 0.497 e. The van der Waals surface area contributed by atoms with Gasteiger partial charge in [0.1, 0.15) is 5.75 Å². The monoisotopic (exact) mass is 293 g/mol. The fourth-order valence-corrected chi connectivity index (χ4v) is 2.15. The number of hydrogen-bond acceptors (Lipinski definition) is 3. The van der Waals surface area contributed by atoms with Gasteiger partial charge in [0.25, 0.3) is 5.91 Å². The Morgan fingerprint density at radius 3 is 2.55 bits per heavy atom. The van der Waals surface area contributed by atoms with Crippen molar-refractivity contribution in [2.24, 2.45) is 0 Å². The van der Waals surface area contributed by atoms with E-state index in [2.05, 4.69) is 5.32 Å². The van der Waals surface area contributed by atoms with Crippen molar-refractivity contribution < 1.29 is 13.9 Å². The molecule has 0 aliphatic heterocycles. The van der Waals surface area contributed by atoms with Gasteiger partial charge in [-0.25, -0.2) is 0 Å². The Bertz CT molecular complexity index is 577. The minimum Gasteiger partial charge on any atom is -0.497 e. The second-order valence-electron chi connectivity index (χ2n) is 4.32. The molecule has 2 aromatic rings. The maximum atomic E-state index is 12.1. The van der Waals surface area contributed by atoms with E-state index in [4.69, 9.17) is 20.8 Å². The summed E-state index contributed by atoms with van der Waals surface area (Å²) in [4.78, 5) is 12.1. The minimum absolute atomic E-state index is 0.0839. The van der Waals surface area contributed by atoms with Crippen LogP contribution in [0, 0.1) is 0 Å². The Morgan fingerprint density at radius 1 is 1.35 bits per heavy atom. The molecule has 2 rings (SSSR count). The van der Waals surface area contributed by atoms with Gasteiger partial charge in [-0.15, -0.1) is 0 Å². The first-order valence-corrected chi connectivity index (χ1v) is 6.71. The lowest BCUT2D eigenvalue weighted by Crippen LogP contribution is -2.28. The lowest BCUT2D eigenvalue weighted by Gasteiger charge is -2.17. The summed E-state index contributed by atoms with van der Waals surface area (Å²) < 4.78 is 10.0. The van der Waals surface area contributed by atoms with Crippen molar-refractivity contribution in [2.75, 3.05) is 7.11 Å². The van der Waals surface area contributed by atoms with Crippen LogP contribution in [0.4, 0.5) is 0 Å². The zero-order chi connectivity index (χ0) is 14.5. The number of methoxy groups -OCH3 is 1. The SMILES string of the molecule is CCC(NC(=O)c1ccoc1Cl)c1ccc(OC)cc1. The molecule has 0 spiro atoms. The third-order valence-corrected chi connectivity index (χ3v) is 3.39. The molecule has 0 aliphatic rings. The molecular formula is C15H16ClNO3. The Labute approximate surface area is 122 Å². The molecule has 0 radical (unpaired) electrons. The third-order valence-electron chi connectivity index (χ3n) is 3.09. The van der Waals surface area contributed by atoms with E-state index in [1.165, 1.54) is 6.26 Å². The van der Waals surface area contributed by atoms with Crippen LogP contribution < -0.4 is 10.1 Å². The summed E-state index contributed by atoms with van der Waals surface area (Å²) >= 11 is 5.80. The summed E-state index contributed by atoms with van der Waals surface area (Å²) in [5, 5.41) is 3.04.